The number of carbonyl (C=O) groups is 1. The monoisotopic (exact) mass is 360 g/mol. The number of nitrogens with zero attached hydrogens (tertiary/aromatic N) is 1. The molecule has 0 saturated carbocycles. The number of ether oxygens (including phenoxy) is 1. The lowest BCUT2D eigenvalue weighted by Gasteiger charge is -2.07. The Morgan fingerprint density at radius 2 is 1.56 bits per heavy atom. The molecular formula is C22H17FN2O2. The molecule has 1 aliphatic rings. The first-order valence-electron chi connectivity index (χ1n) is 8.39. The van der Waals surface area contributed by atoms with Crippen LogP contribution in [-0.2, 0) is 4.74 Å². The lowest BCUT2D eigenvalue weighted by Crippen LogP contribution is -2.20. The van der Waals surface area contributed by atoms with Gasteiger partial charge in [0.2, 0.25) is 0 Å². The molecule has 1 unspecified atom stereocenters. The summed E-state index contributed by atoms with van der Waals surface area (Å²) >= 11 is 0. The van der Waals surface area contributed by atoms with Crippen LogP contribution in [0, 0.1) is 17.7 Å². The molecule has 2 aromatic carbocycles. The first-order chi connectivity index (χ1) is 13.2. The molecule has 0 spiro atoms. The maximum atomic E-state index is 13.8. The van der Waals surface area contributed by atoms with Crippen molar-refractivity contribution in [2.45, 2.75) is 6.04 Å². The molecule has 1 aliphatic heterocycles. The third kappa shape index (κ3) is 5.41. The van der Waals surface area contributed by atoms with Crippen molar-refractivity contribution in [3.05, 3.63) is 102 Å². The molecule has 0 radical (unpaired) electrons. The Bertz CT molecular complexity index is 924. The molecule has 4 nitrogen and oxygen atoms in total. The molecule has 2 heterocycles. The summed E-state index contributed by atoms with van der Waals surface area (Å²) in [6.07, 6.45) is -0.568. The maximum absolute atomic E-state index is 13.8. The Hall–Kier alpha value is -3.65. The van der Waals surface area contributed by atoms with Crippen LogP contribution in [0.25, 0.3) is 0 Å². The molecule has 0 bridgehead atoms. The van der Waals surface area contributed by atoms with E-state index in [4.69, 9.17) is 4.74 Å². The number of nitrogens with one attached hydrogen (secondary N) is 1. The minimum atomic E-state index is -0.573. The van der Waals surface area contributed by atoms with Crippen molar-refractivity contribution < 1.29 is 13.9 Å². The van der Waals surface area contributed by atoms with Crippen LogP contribution in [0.3, 0.4) is 0 Å². The lowest BCUT2D eigenvalue weighted by molar-refractivity contribution is 0.176. The Morgan fingerprint density at radius 3 is 2.15 bits per heavy atom. The number of hydrogen-bond donors (Lipinski definition) is 1. The predicted octanol–water partition coefficient (Wildman–Crippen LogP) is 4.09. The Kier molecular flexibility index (Phi) is 6.16. The topological polar surface area (TPSA) is 51.2 Å². The quantitative estimate of drug-likeness (QED) is 0.665. The SMILES string of the molecule is O=C1NC(c2nc(C#Cc3ccccc3)ccc2F)CO1.c1ccccc1. The van der Waals surface area contributed by atoms with Crippen LogP contribution in [0.5, 0.6) is 0 Å². The van der Waals surface area contributed by atoms with E-state index in [1.165, 1.54) is 12.1 Å². The van der Waals surface area contributed by atoms with Gasteiger partial charge < -0.3 is 10.1 Å². The van der Waals surface area contributed by atoms with Crippen LogP contribution in [-0.4, -0.2) is 17.7 Å². The highest BCUT2D eigenvalue weighted by molar-refractivity contribution is 5.69. The first kappa shape index (κ1) is 18.2. The number of benzene rings is 2. The van der Waals surface area contributed by atoms with E-state index in [1.807, 2.05) is 66.7 Å². The van der Waals surface area contributed by atoms with Gasteiger partial charge >= 0.3 is 6.09 Å². The zero-order valence-electron chi connectivity index (χ0n) is 14.4. The molecule has 1 amide bonds. The number of hydrogen-bond acceptors (Lipinski definition) is 3. The second-order valence-corrected chi connectivity index (χ2v) is 5.63. The van der Waals surface area contributed by atoms with E-state index in [-0.39, 0.29) is 12.3 Å². The van der Waals surface area contributed by atoms with Gasteiger partial charge in [0.1, 0.15) is 29.9 Å². The minimum Gasteiger partial charge on any atom is -0.447 e. The number of amides is 1. The molecule has 3 aromatic rings. The second-order valence-electron chi connectivity index (χ2n) is 5.63. The van der Waals surface area contributed by atoms with E-state index in [0.717, 1.165) is 5.56 Å². The predicted molar refractivity (Wildman–Crippen MR) is 100 cm³/mol. The lowest BCUT2D eigenvalue weighted by atomic mass is 10.1. The molecule has 1 atom stereocenters. The van der Waals surface area contributed by atoms with Gasteiger partial charge in [-0.2, -0.15) is 0 Å². The van der Waals surface area contributed by atoms with Gasteiger partial charge in [0.05, 0.1) is 0 Å². The van der Waals surface area contributed by atoms with E-state index >= 15 is 0 Å². The zero-order chi connectivity index (χ0) is 18.9. The molecule has 1 saturated heterocycles. The summed E-state index contributed by atoms with van der Waals surface area (Å²) in [5, 5.41) is 2.50. The van der Waals surface area contributed by atoms with Crippen LogP contribution >= 0.6 is 0 Å². The summed E-state index contributed by atoms with van der Waals surface area (Å²) in [6, 6.07) is 23.7. The standard InChI is InChI=1S/C16H11FN2O2.C6H6/c17-13-9-8-12(7-6-11-4-2-1-3-5-11)18-15(13)14-10-21-16(20)19-14;1-2-4-6-5-3-1/h1-5,8-9,14H,10H2,(H,19,20);1-6H. The van der Waals surface area contributed by atoms with E-state index in [9.17, 15) is 9.18 Å². The van der Waals surface area contributed by atoms with Crippen LogP contribution < -0.4 is 5.32 Å². The smallest absolute Gasteiger partial charge is 0.407 e. The van der Waals surface area contributed by atoms with Crippen LogP contribution in [0.4, 0.5) is 9.18 Å². The van der Waals surface area contributed by atoms with Gasteiger partial charge in [-0.1, -0.05) is 60.5 Å². The van der Waals surface area contributed by atoms with Crippen molar-refractivity contribution in [3.8, 4) is 11.8 Å². The van der Waals surface area contributed by atoms with Gasteiger partial charge in [0, 0.05) is 5.56 Å². The van der Waals surface area contributed by atoms with Gasteiger partial charge in [0.15, 0.2) is 0 Å². The number of pyridine rings is 1. The highest BCUT2D eigenvalue weighted by atomic mass is 19.1. The summed E-state index contributed by atoms with van der Waals surface area (Å²) in [7, 11) is 0. The van der Waals surface area contributed by atoms with E-state index in [2.05, 4.69) is 22.1 Å². The number of halogens is 1. The normalized spacial score (nSPS) is 14.7. The highest BCUT2D eigenvalue weighted by Gasteiger charge is 2.27. The number of rotatable bonds is 1. The molecule has 134 valence electrons. The average Bonchev–Trinajstić information content (AvgIpc) is 3.16. The van der Waals surface area contributed by atoms with Gasteiger partial charge in [-0.25, -0.2) is 14.2 Å². The summed E-state index contributed by atoms with van der Waals surface area (Å²) in [4.78, 5) is 15.2. The number of cyclic esters (lactones) is 1. The maximum Gasteiger partial charge on any atom is 0.407 e. The van der Waals surface area contributed by atoms with Crippen LogP contribution in [0.15, 0.2) is 78.9 Å². The fourth-order valence-corrected chi connectivity index (χ4v) is 2.35. The molecule has 0 aliphatic carbocycles. The van der Waals surface area contributed by atoms with Crippen molar-refractivity contribution in [3.63, 3.8) is 0 Å². The van der Waals surface area contributed by atoms with E-state index in [0.29, 0.717) is 5.69 Å². The summed E-state index contributed by atoms with van der Waals surface area (Å²) in [6.45, 7) is 0.0678. The largest absolute Gasteiger partial charge is 0.447 e. The Balaban J connectivity index is 0.000000299. The minimum absolute atomic E-state index is 0.0678. The van der Waals surface area contributed by atoms with Gasteiger partial charge in [-0.05, 0) is 30.2 Å². The van der Waals surface area contributed by atoms with Crippen molar-refractivity contribution in [2.24, 2.45) is 0 Å². The number of carbonyl (C=O) groups excluding carboxylic acids is 1. The van der Waals surface area contributed by atoms with Gasteiger partial charge in [0.25, 0.3) is 0 Å². The molecule has 27 heavy (non-hydrogen) atoms. The van der Waals surface area contributed by atoms with Crippen LogP contribution in [0.1, 0.15) is 23.0 Å². The van der Waals surface area contributed by atoms with E-state index < -0.39 is 18.0 Å². The second kappa shape index (κ2) is 9.16. The fraction of sp³-hybridized carbons (Fsp3) is 0.0909. The molecule has 1 aromatic heterocycles. The highest BCUT2D eigenvalue weighted by Crippen LogP contribution is 2.19. The number of alkyl carbamates (subject to hydrolysis) is 1. The van der Waals surface area contributed by atoms with Crippen molar-refractivity contribution in [2.75, 3.05) is 6.61 Å². The summed E-state index contributed by atoms with van der Waals surface area (Å²) < 4.78 is 18.5. The number of aromatic nitrogens is 1. The van der Waals surface area contributed by atoms with E-state index in [1.54, 1.807) is 0 Å². The van der Waals surface area contributed by atoms with Gasteiger partial charge in [-0.15, -0.1) is 0 Å². The Labute approximate surface area is 157 Å². The first-order valence-corrected chi connectivity index (χ1v) is 8.39. The van der Waals surface area contributed by atoms with Crippen molar-refractivity contribution in [1.82, 2.24) is 10.3 Å². The third-order valence-corrected chi connectivity index (χ3v) is 3.65. The van der Waals surface area contributed by atoms with Crippen molar-refractivity contribution in [1.29, 1.82) is 0 Å². The zero-order valence-corrected chi connectivity index (χ0v) is 14.4. The van der Waals surface area contributed by atoms with Gasteiger partial charge in [-0.3, -0.25) is 0 Å². The molecule has 1 N–H and O–H groups in total. The average molecular weight is 360 g/mol. The molecule has 1 fully saturated rings. The van der Waals surface area contributed by atoms with Crippen molar-refractivity contribution >= 4 is 6.09 Å². The van der Waals surface area contributed by atoms with Crippen LogP contribution in [0.2, 0.25) is 0 Å². The molecule has 4 rings (SSSR count). The molecular weight excluding hydrogens is 343 g/mol. The fourth-order valence-electron chi connectivity index (χ4n) is 2.35. The Morgan fingerprint density at radius 1 is 0.926 bits per heavy atom. The summed E-state index contributed by atoms with van der Waals surface area (Å²) in [5.74, 6) is 5.35. The third-order valence-electron chi connectivity index (χ3n) is 3.65. The molecule has 5 heteroatoms. The summed E-state index contributed by atoms with van der Waals surface area (Å²) in [5.41, 5.74) is 1.43.